The molecule has 214 valence electrons. The molecular formula is C25H27F4N7O3S. The minimum absolute atomic E-state index is 0.0124. The van der Waals surface area contributed by atoms with E-state index in [1.54, 1.807) is 21.9 Å². The molecule has 0 bridgehead atoms. The summed E-state index contributed by atoms with van der Waals surface area (Å²) in [5, 5.41) is 26.8. The molecule has 0 saturated carbocycles. The van der Waals surface area contributed by atoms with Gasteiger partial charge in [0, 0.05) is 37.4 Å². The number of carbonyl (C=O) groups is 2. The number of benzene rings is 1. The molecule has 0 unspecified atom stereocenters. The second-order valence-electron chi connectivity index (χ2n) is 8.77. The summed E-state index contributed by atoms with van der Waals surface area (Å²) < 4.78 is 46.5. The zero-order valence-electron chi connectivity index (χ0n) is 21.0. The number of rotatable bonds is 4. The second-order valence-corrected chi connectivity index (χ2v) is 9.68. The maximum atomic E-state index is 14.8. The molecule has 2 aliphatic rings. The van der Waals surface area contributed by atoms with Crippen molar-refractivity contribution in [2.45, 2.75) is 19.0 Å². The number of hydrogen-bond acceptors (Lipinski definition) is 5. The summed E-state index contributed by atoms with van der Waals surface area (Å²) in [6.45, 7) is 2.31. The summed E-state index contributed by atoms with van der Waals surface area (Å²) in [5.41, 5.74) is 14.9. The highest BCUT2D eigenvalue weighted by molar-refractivity contribution is 7.12. The molecule has 3 heterocycles. The number of anilines is 1. The molecule has 2 aliphatic heterocycles. The number of halogens is 4. The number of alkyl halides is 3. The van der Waals surface area contributed by atoms with Gasteiger partial charge in [-0.3, -0.25) is 15.6 Å². The number of carbonyl (C=O) groups excluding carboxylic acids is 1. The molecule has 40 heavy (non-hydrogen) atoms. The number of hydrogen-bond donors (Lipinski definition) is 6. The molecule has 2 aromatic rings. The Balaban J connectivity index is 0.000000559. The first kappa shape index (κ1) is 30.1. The monoisotopic (exact) mass is 581 g/mol. The van der Waals surface area contributed by atoms with Crippen LogP contribution in [0.1, 0.15) is 33.6 Å². The Bertz CT molecular complexity index is 1370. The number of amides is 1. The van der Waals surface area contributed by atoms with Gasteiger partial charge in [-0.2, -0.15) is 13.2 Å². The zero-order chi connectivity index (χ0) is 29.6. The van der Waals surface area contributed by atoms with Crippen LogP contribution in [0.5, 0.6) is 0 Å². The van der Waals surface area contributed by atoms with Crippen molar-refractivity contribution >= 4 is 52.0 Å². The first-order chi connectivity index (χ1) is 18.8. The molecule has 1 aromatic heterocycles. The quantitative estimate of drug-likeness (QED) is 0.181. The average Bonchev–Trinajstić information content (AvgIpc) is 3.39. The first-order valence-corrected chi connectivity index (χ1v) is 12.7. The van der Waals surface area contributed by atoms with E-state index in [4.69, 9.17) is 32.2 Å². The summed E-state index contributed by atoms with van der Waals surface area (Å²) in [5.74, 6) is -3.36. The molecule has 8 N–H and O–H groups in total. The molecule has 0 fully saturated rings. The van der Waals surface area contributed by atoms with Gasteiger partial charge in [-0.25, -0.2) is 9.18 Å². The predicted molar refractivity (Wildman–Crippen MR) is 145 cm³/mol. The van der Waals surface area contributed by atoms with Gasteiger partial charge < -0.3 is 31.7 Å². The third-order valence-corrected chi connectivity index (χ3v) is 7.04. The van der Waals surface area contributed by atoms with Crippen LogP contribution in [-0.2, 0) is 4.79 Å². The summed E-state index contributed by atoms with van der Waals surface area (Å²) >= 11 is 1.34. The number of thiophene rings is 1. The SMILES string of the molecule is N=C(N)N1CC=C(c2csc(C(=O)Nc3ccc(C4=CCN(C(=N)N)CC4)c(F)c3)c2)CC1.O=C(O)C(F)(F)F. The zero-order valence-corrected chi connectivity index (χ0v) is 21.8. The molecule has 0 spiro atoms. The van der Waals surface area contributed by atoms with Crippen LogP contribution in [0.25, 0.3) is 11.1 Å². The third kappa shape index (κ3) is 7.81. The van der Waals surface area contributed by atoms with Crippen LogP contribution in [0.2, 0.25) is 0 Å². The van der Waals surface area contributed by atoms with Crippen molar-refractivity contribution in [1.29, 1.82) is 10.8 Å². The summed E-state index contributed by atoms with van der Waals surface area (Å²) in [6, 6.07) is 6.55. The van der Waals surface area contributed by atoms with E-state index >= 15 is 0 Å². The highest BCUT2D eigenvalue weighted by atomic mass is 32.1. The molecule has 0 aliphatic carbocycles. The van der Waals surface area contributed by atoms with Crippen molar-refractivity contribution in [3.63, 3.8) is 0 Å². The summed E-state index contributed by atoms with van der Waals surface area (Å²) in [4.78, 5) is 25.6. The molecule has 10 nitrogen and oxygen atoms in total. The Hall–Kier alpha value is -4.40. The topological polar surface area (TPSA) is 173 Å². The average molecular weight is 582 g/mol. The molecule has 0 radical (unpaired) electrons. The minimum Gasteiger partial charge on any atom is -0.475 e. The van der Waals surface area contributed by atoms with Crippen LogP contribution in [0, 0.1) is 16.6 Å². The Morgan fingerprint density at radius 2 is 1.52 bits per heavy atom. The Labute approximate surface area is 230 Å². The molecule has 1 aromatic carbocycles. The first-order valence-electron chi connectivity index (χ1n) is 11.8. The molecule has 4 rings (SSSR count). The van der Waals surface area contributed by atoms with E-state index in [1.165, 1.54) is 17.4 Å². The van der Waals surface area contributed by atoms with Gasteiger partial charge in [0.05, 0.1) is 4.88 Å². The van der Waals surface area contributed by atoms with Gasteiger partial charge in [0.2, 0.25) is 0 Å². The van der Waals surface area contributed by atoms with Crippen LogP contribution < -0.4 is 16.8 Å². The number of nitrogens with two attached hydrogens (primary N) is 2. The fourth-order valence-electron chi connectivity index (χ4n) is 3.95. The van der Waals surface area contributed by atoms with E-state index in [1.807, 2.05) is 23.6 Å². The molecule has 0 atom stereocenters. The van der Waals surface area contributed by atoms with Gasteiger partial charge in [0.25, 0.3) is 5.91 Å². The molecular weight excluding hydrogens is 554 g/mol. The molecule has 15 heteroatoms. The van der Waals surface area contributed by atoms with Crippen molar-refractivity contribution in [1.82, 2.24) is 9.80 Å². The van der Waals surface area contributed by atoms with Gasteiger partial charge in [-0.15, -0.1) is 11.3 Å². The Kier molecular flexibility index (Phi) is 9.52. The maximum absolute atomic E-state index is 14.8. The predicted octanol–water partition coefficient (Wildman–Crippen LogP) is 3.74. The summed E-state index contributed by atoms with van der Waals surface area (Å²) in [6.07, 6.45) is 0.174. The molecule has 0 saturated heterocycles. The normalized spacial score (nSPS) is 15.3. The van der Waals surface area contributed by atoms with Crippen molar-refractivity contribution in [3.8, 4) is 0 Å². The fourth-order valence-corrected chi connectivity index (χ4v) is 4.78. The lowest BCUT2D eigenvalue weighted by molar-refractivity contribution is -0.192. The van der Waals surface area contributed by atoms with Gasteiger partial charge >= 0.3 is 12.1 Å². The lowest BCUT2D eigenvalue weighted by atomic mass is 9.98. The number of nitrogens with zero attached hydrogens (tertiary/aromatic N) is 2. The third-order valence-electron chi connectivity index (χ3n) is 6.11. The lowest BCUT2D eigenvalue weighted by Crippen LogP contribution is -2.39. The Morgan fingerprint density at radius 1 is 0.975 bits per heavy atom. The Morgan fingerprint density at radius 3 is 1.98 bits per heavy atom. The van der Waals surface area contributed by atoms with E-state index in [0.29, 0.717) is 48.7 Å². The van der Waals surface area contributed by atoms with Gasteiger partial charge in [0.1, 0.15) is 5.82 Å². The van der Waals surface area contributed by atoms with Crippen molar-refractivity contribution < 1.29 is 32.3 Å². The number of nitrogens with one attached hydrogen (secondary N) is 3. The van der Waals surface area contributed by atoms with Crippen LogP contribution in [-0.4, -0.2) is 71.1 Å². The lowest BCUT2D eigenvalue weighted by Gasteiger charge is -2.26. The van der Waals surface area contributed by atoms with Gasteiger partial charge in [0.15, 0.2) is 11.9 Å². The highest BCUT2D eigenvalue weighted by Gasteiger charge is 2.38. The maximum Gasteiger partial charge on any atom is 0.490 e. The second kappa shape index (κ2) is 12.6. The van der Waals surface area contributed by atoms with Gasteiger partial charge in [-0.05, 0) is 59.2 Å². The van der Waals surface area contributed by atoms with E-state index in [-0.39, 0.29) is 17.8 Å². The fraction of sp³-hybridized carbons (Fsp3) is 0.280. The van der Waals surface area contributed by atoms with E-state index in [9.17, 15) is 22.4 Å². The number of guanidine groups is 2. The largest absolute Gasteiger partial charge is 0.490 e. The van der Waals surface area contributed by atoms with Crippen molar-refractivity contribution in [2.24, 2.45) is 11.5 Å². The standard InChI is InChI=1S/C23H26FN7OS.C2HF3O2/c24-19-12-17(1-2-18(19)15-5-9-31(10-6-15)23(27)28)29-21(32)20-11-16(13-33-20)14-3-7-30(8-4-14)22(25)26;3-2(4,5)1(6)7/h1-3,5,11-13H,4,6-10H2,(H3,25,26)(H3,27,28)(H,29,32);(H,6,7). The van der Waals surface area contributed by atoms with E-state index in [0.717, 1.165) is 23.1 Å². The number of carboxylic acids is 1. The highest BCUT2D eigenvalue weighted by Crippen LogP contribution is 2.29. The minimum atomic E-state index is -5.08. The van der Waals surface area contributed by atoms with E-state index < -0.39 is 18.0 Å². The van der Waals surface area contributed by atoms with Crippen LogP contribution >= 0.6 is 11.3 Å². The van der Waals surface area contributed by atoms with Crippen LogP contribution in [0.4, 0.5) is 23.2 Å². The number of aliphatic carboxylic acids is 1. The molecule has 1 amide bonds. The van der Waals surface area contributed by atoms with Crippen LogP contribution in [0.15, 0.2) is 41.8 Å². The van der Waals surface area contributed by atoms with Crippen molar-refractivity contribution in [3.05, 3.63) is 63.6 Å². The van der Waals surface area contributed by atoms with E-state index in [2.05, 4.69) is 5.32 Å². The smallest absolute Gasteiger partial charge is 0.475 e. The summed E-state index contributed by atoms with van der Waals surface area (Å²) in [7, 11) is 0. The van der Waals surface area contributed by atoms with Gasteiger partial charge in [-0.1, -0.05) is 12.2 Å². The van der Waals surface area contributed by atoms with Crippen LogP contribution in [0.3, 0.4) is 0 Å². The number of carboxylic acid groups (broad SMARTS) is 1. The van der Waals surface area contributed by atoms with Crippen molar-refractivity contribution in [2.75, 3.05) is 31.5 Å².